The van der Waals surface area contributed by atoms with Gasteiger partial charge in [0.25, 0.3) is 0 Å². The number of aliphatic hydroxyl groups is 1. The van der Waals surface area contributed by atoms with E-state index < -0.39 is 0 Å². The lowest BCUT2D eigenvalue weighted by atomic mass is 9.81. The summed E-state index contributed by atoms with van der Waals surface area (Å²) in [5.41, 5.74) is 0. The van der Waals surface area contributed by atoms with Crippen molar-refractivity contribution in [3.05, 3.63) is 0 Å². The van der Waals surface area contributed by atoms with E-state index >= 15 is 0 Å². The fourth-order valence-electron chi connectivity index (χ4n) is 4.40. The quantitative estimate of drug-likeness (QED) is 0.798. The second-order valence-corrected chi connectivity index (χ2v) is 6.27. The van der Waals surface area contributed by atoms with Crippen molar-refractivity contribution in [1.82, 2.24) is 0 Å². The van der Waals surface area contributed by atoms with E-state index in [-0.39, 0.29) is 12.2 Å². The average Bonchev–Trinajstić information content (AvgIpc) is 2.92. The molecular formula is C14H24O2. The van der Waals surface area contributed by atoms with Crippen molar-refractivity contribution in [2.24, 2.45) is 23.7 Å². The Hall–Kier alpha value is -0.0800. The first-order valence-corrected chi connectivity index (χ1v) is 7.03. The Morgan fingerprint density at radius 2 is 2.12 bits per heavy atom. The molecule has 0 aromatic carbocycles. The zero-order valence-electron chi connectivity index (χ0n) is 10.3. The number of rotatable bonds is 3. The molecule has 1 saturated heterocycles. The third kappa shape index (κ3) is 1.91. The molecule has 2 nitrogen and oxygen atoms in total. The molecule has 1 heterocycles. The highest BCUT2D eigenvalue weighted by molar-refractivity contribution is 4.92. The van der Waals surface area contributed by atoms with Gasteiger partial charge >= 0.3 is 0 Å². The Bertz CT molecular complexity index is 253. The molecule has 0 aromatic rings. The van der Waals surface area contributed by atoms with E-state index in [2.05, 4.69) is 6.92 Å². The second kappa shape index (κ2) is 4.30. The molecule has 0 radical (unpaired) electrons. The van der Waals surface area contributed by atoms with E-state index in [1.54, 1.807) is 0 Å². The second-order valence-electron chi connectivity index (χ2n) is 6.27. The highest BCUT2D eigenvalue weighted by Gasteiger charge is 2.41. The molecule has 0 amide bonds. The normalized spacial score (nSPS) is 48.8. The summed E-state index contributed by atoms with van der Waals surface area (Å²) in [6.45, 7) is 2.96. The van der Waals surface area contributed by atoms with Gasteiger partial charge in [0.1, 0.15) is 0 Å². The van der Waals surface area contributed by atoms with E-state index in [0.717, 1.165) is 37.2 Å². The molecule has 2 heteroatoms. The lowest BCUT2D eigenvalue weighted by molar-refractivity contribution is 0.0258. The van der Waals surface area contributed by atoms with Gasteiger partial charge in [-0.05, 0) is 56.8 Å². The summed E-state index contributed by atoms with van der Waals surface area (Å²) in [6, 6.07) is 0. The van der Waals surface area contributed by atoms with Gasteiger partial charge in [-0.2, -0.15) is 0 Å². The predicted octanol–water partition coefficient (Wildman–Crippen LogP) is 2.60. The van der Waals surface area contributed by atoms with Crippen LogP contribution in [0.5, 0.6) is 0 Å². The Labute approximate surface area is 98.4 Å². The molecule has 92 valence electrons. The standard InChI is InChI=1S/C14H24O2/c1-9-13(4-5-16-9)14(15)8-12-7-10-2-3-11(12)6-10/h9-15H,2-8H2,1H3. The third-order valence-corrected chi connectivity index (χ3v) is 5.36. The molecule has 3 aliphatic rings. The fourth-order valence-corrected chi connectivity index (χ4v) is 4.40. The highest BCUT2D eigenvalue weighted by atomic mass is 16.5. The maximum atomic E-state index is 10.3. The minimum absolute atomic E-state index is 0.109. The van der Waals surface area contributed by atoms with E-state index in [1.807, 2.05) is 0 Å². The van der Waals surface area contributed by atoms with Crippen LogP contribution in [0, 0.1) is 23.7 Å². The zero-order valence-corrected chi connectivity index (χ0v) is 10.3. The van der Waals surface area contributed by atoms with Crippen molar-refractivity contribution in [2.45, 2.75) is 57.7 Å². The Morgan fingerprint density at radius 1 is 1.25 bits per heavy atom. The van der Waals surface area contributed by atoms with E-state index in [0.29, 0.717) is 5.92 Å². The summed E-state index contributed by atoms with van der Waals surface area (Å²) in [4.78, 5) is 0. The summed E-state index contributed by atoms with van der Waals surface area (Å²) in [5, 5.41) is 10.3. The molecule has 6 atom stereocenters. The lowest BCUT2D eigenvalue weighted by Crippen LogP contribution is -2.29. The summed E-state index contributed by atoms with van der Waals surface area (Å²) < 4.78 is 5.55. The van der Waals surface area contributed by atoms with E-state index in [1.165, 1.54) is 25.7 Å². The van der Waals surface area contributed by atoms with Gasteiger partial charge in [0.05, 0.1) is 12.2 Å². The number of ether oxygens (including phenoxy) is 1. The van der Waals surface area contributed by atoms with Gasteiger partial charge in [0.2, 0.25) is 0 Å². The van der Waals surface area contributed by atoms with Crippen molar-refractivity contribution < 1.29 is 9.84 Å². The molecule has 16 heavy (non-hydrogen) atoms. The SMILES string of the molecule is CC1OCCC1C(O)CC1CC2CCC1C2. The minimum atomic E-state index is -0.109. The maximum absolute atomic E-state index is 10.3. The monoisotopic (exact) mass is 224 g/mol. The molecule has 0 aromatic heterocycles. The van der Waals surface area contributed by atoms with Gasteiger partial charge in [0, 0.05) is 12.5 Å². The van der Waals surface area contributed by atoms with Crippen LogP contribution in [0.3, 0.4) is 0 Å². The van der Waals surface area contributed by atoms with Crippen molar-refractivity contribution >= 4 is 0 Å². The first-order valence-electron chi connectivity index (χ1n) is 7.03. The number of fused-ring (bicyclic) bond motifs is 2. The Morgan fingerprint density at radius 3 is 2.69 bits per heavy atom. The van der Waals surface area contributed by atoms with Crippen molar-refractivity contribution in [2.75, 3.05) is 6.61 Å². The van der Waals surface area contributed by atoms with Gasteiger partial charge < -0.3 is 9.84 Å². The van der Waals surface area contributed by atoms with E-state index in [9.17, 15) is 5.11 Å². The van der Waals surface area contributed by atoms with Crippen molar-refractivity contribution in [3.8, 4) is 0 Å². The Kier molecular flexibility index (Phi) is 2.97. The minimum Gasteiger partial charge on any atom is -0.393 e. The van der Waals surface area contributed by atoms with Gasteiger partial charge in [0.15, 0.2) is 0 Å². The van der Waals surface area contributed by atoms with Crippen LogP contribution in [0.4, 0.5) is 0 Å². The van der Waals surface area contributed by atoms with Gasteiger partial charge in [-0.15, -0.1) is 0 Å². The molecule has 3 rings (SSSR count). The third-order valence-electron chi connectivity index (χ3n) is 5.36. The smallest absolute Gasteiger partial charge is 0.0600 e. The topological polar surface area (TPSA) is 29.5 Å². The summed E-state index contributed by atoms with van der Waals surface area (Å²) in [5.74, 6) is 3.16. The predicted molar refractivity (Wildman–Crippen MR) is 63.1 cm³/mol. The van der Waals surface area contributed by atoms with Crippen molar-refractivity contribution in [1.29, 1.82) is 0 Å². The molecule has 2 saturated carbocycles. The first-order chi connectivity index (χ1) is 7.74. The van der Waals surface area contributed by atoms with Crippen LogP contribution in [0.25, 0.3) is 0 Å². The van der Waals surface area contributed by atoms with Crippen LogP contribution in [0.15, 0.2) is 0 Å². The van der Waals surface area contributed by atoms with E-state index in [4.69, 9.17) is 4.74 Å². The summed E-state index contributed by atoms with van der Waals surface area (Å²) in [6.07, 6.45) is 8.00. The molecule has 2 aliphatic carbocycles. The molecular weight excluding hydrogens is 200 g/mol. The van der Waals surface area contributed by atoms with Crippen LogP contribution in [0.1, 0.15) is 45.4 Å². The first kappa shape index (κ1) is 11.0. The van der Waals surface area contributed by atoms with Crippen molar-refractivity contribution in [3.63, 3.8) is 0 Å². The number of hydrogen-bond donors (Lipinski definition) is 1. The maximum Gasteiger partial charge on any atom is 0.0600 e. The number of aliphatic hydroxyl groups excluding tert-OH is 1. The summed E-state index contributed by atoms with van der Waals surface area (Å²) >= 11 is 0. The summed E-state index contributed by atoms with van der Waals surface area (Å²) in [7, 11) is 0. The van der Waals surface area contributed by atoms with Crippen LogP contribution >= 0.6 is 0 Å². The largest absolute Gasteiger partial charge is 0.393 e. The average molecular weight is 224 g/mol. The van der Waals surface area contributed by atoms with Gasteiger partial charge in [-0.3, -0.25) is 0 Å². The highest BCUT2D eigenvalue weighted by Crippen LogP contribution is 2.50. The van der Waals surface area contributed by atoms with Crippen LogP contribution < -0.4 is 0 Å². The fraction of sp³-hybridized carbons (Fsp3) is 1.00. The zero-order chi connectivity index (χ0) is 11.1. The molecule has 0 spiro atoms. The number of hydrogen-bond acceptors (Lipinski definition) is 2. The lowest BCUT2D eigenvalue weighted by Gasteiger charge is -2.28. The van der Waals surface area contributed by atoms with Gasteiger partial charge in [-0.25, -0.2) is 0 Å². The van der Waals surface area contributed by atoms with Crippen LogP contribution in [0.2, 0.25) is 0 Å². The van der Waals surface area contributed by atoms with Crippen LogP contribution in [-0.2, 0) is 4.74 Å². The molecule has 6 unspecified atom stereocenters. The molecule has 1 N–H and O–H groups in total. The molecule has 2 bridgehead atoms. The molecule has 1 aliphatic heterocycles. The molecule has 3 fully saturated rings. The van der Waals surface area contributed by atoms with Gasteiger partial charge in [-0.1, -0.05) is 6.42 Å². The Balaban J connectivity index is 1.54. The van der Waals surface area contributed by atoms with Crippen LogP contribution in [-0.4, -0.2) is 23.9 Å².